The molecule has 0 saturated heterocycles. The number of alkyl halides is 3. The molecule has 0 aromatic heterocycles. The van der Waals surface area contributed by atoms with E-state index in [2.05, 4.69) is 5.32 Å². The standard InChI is InChI=1S/C14H27F3N2O2/c1-12(2,3)19(11(20)21-13(4,5)6)10-9-18-8-7-14(15,16)17/h18H,7-10H2,1-6H3. The largest absolute Gasteiger partial charge is 0.444 e. The zero-order chi connectivity index (χ0) is 16.9. The third-order valence-corrected chi connectivity index (χ3v) is 2.52. The van der Waals surface area contributed by atoms with Crippen LogP contribution in [0, 0.1) is 0 Å². The summed E-state index contributed by atoms with van der Waals surface area (Å²) in [5.41, 5.74) is -1.07. The van der Waals surface area contributed by atoms with E-state index < -0.39 is 29.8 Å². The van der Waals surface area contributed by atoms with Gasteiger partial charge in [0.15, 0.2) is 0 Å². The second-order valence-corrected chi connectivity index (χ2v) is 6.92. The molecule has 0 atom stereocenters. The van der Waals surface area contributed by atoms with Gasteiger partial charge < -0.3 is 15.0 Å². The average Bonchev–Trinajstić information content (AvgIpc) is 2.16. The smallest absolute Gasteiger partial charge is 0.410 e. The van der Waals surface area contributed by atoms with Crippen molar-refractivity contribution >= 4 is 6.09 Å². The van der Waals surface area contributed by atoms with Gasteiger partial charge in [0.2, 0.25) is 0 Å². The summed E-state index contributed by atoms with van der Waals surface area (Å²) in [6.45, 7) is 11.3. The quantitative estimate of drug-likeness (QED) is 0.789. The fraction of sp³-hybridized carbons (Fsp3) is 0.929. The topological polar surface area (TPSA) is 41.6 Å². The maximum absolute atomic E-state index is 12.1. The molecule has 0 aliphatic rings. The summed E-state index contributed by atoms with van der Waals surface area (Å²) in [4.78, 5) is 13.6. The molecule has 0 spiro atoms. The molecule has 0 fully saturated rings. The van der Waals surface area contributed by atoms with E-state index >= 15 is 0 Å². The highest BCUT2D eigenvalue weighted by atomic mass is 19.4. The summed E-state index contributed by atoms with van der Waals surface area (Å²) in [6, 6.07) is 0. The lowest BCUT2D eigenvalue weighted by Gasteiger charge is -2.37. The Labute approximate surface area is 125 Å². The summed E-state index contributed by atoms with van der Waals surface area (Å²) in [5, 5.41) is 2.69. The minimum Gasteiger partial charge on any atom is -0.444 e. The van der Waals surface area contributed by atoms with Crippen molar-refractivity contribution in [3.05, 3.63) is 0 Å². The van der Waals surface area contributed by atoms with Crippen LogP contribution in [-0.2, 0) is 4.74 Å². The fourth-order valence-corrected chi connectivity index (χ4v) is 1.56. The summed E-state index contributed by atoms with van der Waals surface area (Å²) in [5.74, 6) is 0. The number of hydrogen-bond donors (Lipinski definition) is 1. The van der Waals surface area contributed by atoms with Gasteiger partial charge in [-0.3, -0.25) is 0 Å². The number of hydrogen-bond acceptors (Lipinski definition) is 3. The lowest BCUT2D eigenvalue weighted by molar-refractivity contribution is -0.133. The molecule has 7 heteroatoms. The number of carbonyl (C=O) groups is 1. The Morgan fingerprint density at radius 3 is 1.95 bits per heavy atom. The van der Waals surface area contributed by atoms with Crippen molar-refractivity contribution in [2.75, 3.05) is 19.6 Å². The molecular weight excluding hydrogens is 285 g/mol. The summed E-state index contributed by atoms with van der Waals surface area (Å²) < 4.78 is 41.4. The van der Waals surface area contributed by atoms with E-state index in [4.69, 9.17) is 4.74 Å². The molecule has 1 N–H and O–H groups in total. The lowest BCUT2D eigenvalue weighted by atomic mass is 10.1. The van der Waals surface area contributed by atoms with Crippen molar-refractivity contribution in [3.63, 3.8) is 0 Å². The molecule has 0 aromatic rings. The van der Waals surface area contributed by atoms with Crippen molar-refractivity contribution < 1.29 is 22.7 Å². The highest BCUT2D eigenvalue weighted by molar-refractivity contribution is 5.69. The molecule has 4 nitrogen and oxygen atoms in total. The lowest BCUT2D eigenvalue weighted by Crippen LogP contribution is -2.50. The predicted molar refractivity (Wildman–Crippen MR) is 76.2 cm³/mol. The first kappa shape index (κ1) is 20.0. The number of halogens is 3. The molecule has 21 heavy (non-hydrogen) atoms. The number of nitrogens with zero attached hydrogens (tertiary/aromatic N) is 1. The third-order valence-electron chi connectivity index (χ3n) is 2.52. The second kappa shape index (κ2) is 7.33. The minimum atomic E-state index is -4.16. The zero-order valence-corrected chi connectivity index (χ0v) is 13.7. The Hall–Kier alpha value is -0.980. The summed E-state index contributed by atoms with van der Waals surface area (Å²) >= 11 is 0. The molecule has 1 amide bonds. The molecule has 0 saturated carbocycles. The fourth-order valence-electron chi connectivity index (χ4n) is 1.56. The highest BCUT2D eigenvalue weighted by Gasteiger charge is 2.30. The Balaban J connectivity index is 4.37. The maximum atomic E-state index is 12.1. The number of carbonyl (C=O) groups excluding carboxylic acids is 1. The molecule has 126 valence electrons. The first-order valence-corrected chi connectivity index (χ1v) is 7.00. The maximum Gasteiger partial charge on any atom is 0.410 e. The second-order valence-electron chi connectivity index (χ2n) is 6.92. The van der Waals surface area contributed by atoms with Crippen molar-refractivity contribution in [2.45, 2.75) is 65.3 Å². The van der Waals surface area contributed by atoms with Crippen LogP contribution in [0.1, 0.15) is 48.0 Å². The van der Waals surface area contributed by atoms with Crippen LogP contribution in [-0.4, -0.2) is 47.9 Å². The monoisotopic (exact) mass is 312 g/mol. The van der Waals surface area contributed by atoms with E-state index in [1.54, 1.807) is 20.8 Å². The summed E-state index contributed by atoms with van der Waals surface area (Å²) in [6.07, 6.45) is -5.51. The van der Waals surface area contributed by atoms with Gasteiger partial charge >= 0.3 is 12.3 Å². The van der Waals surface area contributed by atoms with E-state index in [0.717, 1.165) is 0 Å². The van der Waals surface area contributed by atoms with Crippen LogP contribution in [0.3, 0.4) is 0 Å². The molecule has 0 aliphatic carbocycles. The first-order chi connectivity index (χ1) is 9.22. The molecule has 0 aliphatic heterocycles. The van der Waals surface area contributed by atoms with Gasteiger partial charge in [-0.15, -0.1) is 0 Å². The van der Waals surface area contributed by atoms with Crippen molar-refractivity contribution in [1.82, 2.24) is 10.2 Å². The van der Waals surface area contributed by atoms with Crippen LogP contribution in [0.2, 0.25) is 0 Å². The van der Waals surface area contributed by atoms with Crippen molar-refractivity contribution in [3.8, 4) is 0 Å². The van der Waals surface area contributed by atoms with E-state index in [1.165, 1.54) is 4.90 Å². The van der Waals surface area contributed by atoms with Gasteiger partial charge in [0.25, 0.3) is 0 Å². The Morgan fingerprint density at radius 1 is 1.05 bits per heavy atom. The Morgan fingerprint density at radius 2 is 1.57 bits per heavy atom. The number of amides is 1. The molecule has 0 bridgehead atoms. The molecule has 0 radical (unpaired) electrons. The molecule has 0 rings (SSSR count). The van der Waals surface area contributed by atoms with Crippen LogP contribution in [0.15, 0.2) is 0 Å². The van der Waals surface area contributed by atoms with Crippen LogP contribution >= 0.6 is 0 Å². The number of nitrogens with one attached hydrogen (secondary N) is 1. The van der Waals surface area contributed by atoms with Crippen LogP contribution in [0.4, 0.5) is 18.0 Å². The van der Waals surface area contributed by atoms with Gasteiger partial charge in [0, 0.05) is 25.2 Å². The predicted octanol–water partition coefficient (Wildman–Crippen LogP) is 3.56. The normalized spacial score (nSPS) is 13.2. The third kappa shape index (κ3) is 10.4. The van der Waals surface area contributed by atoms with Crippen LogP contribution in [0.25, 0.3) is 0 Å². The minimum absolute atomic E-state index is 0.157. The number of ether oxygens (including phenoxy) is 1. The zero-order valence-electron chi connectivity index (χ0n) is 13.7. The Bertz CT molecular complexity index is 331. The molecule has 0 aromatic carbocycles. The SMILES string of the molecule is CC(C)(C)OC(=O)N(CCNCCC(F)(F)F)C(C)(C)C. The van der Waals surface area contributed by atoms with Crippen molar-refractivity contribution in [1.29, 1.82) is 0 Å². The van der Waals surface area contributed by atoms with Gasteiger partial charge in [0.1, 0.15) is 5.60 Å². The van der Waals surface area contributed by atoms with Gasteiger partial charge in [-0.1, -0.05) is 0 Å². The van der Waals surface area contributed by atoms with E-state index in [-0.39, 0.29) is 19.6 Å². The first-order valence-electron chi connectivity index (χ1n) is 7.00. The highest BCUT2D eigenvalue weighted by Crippen LogP contribution is 2.19. The average molecular weight is 312 g/mol. The van der Waals surface area contributed by atoms with Gasteiger partial charge in [0.05, 0.1) is 6.42 Å². The van der Waals surface area contributed by atoms with Gasteiger partial charge in [-0.2, -0.15) is 13.2 Å². The molecular formula is C14H27F3N2O2. The Kier molecular flexibility index (Phi) is 6.99. The van der Waals surface area contributed by atoms with E-state index in [1.807, 2.05) is 20.8 Å². The van der Waals surface area contributed by atoms with Crippen molar-refractivity contribution in [2.24, 2.45) is 0 Å². The van der Waals surface area contributed by atoms with Gasteiger partial charge in [-0.05, 0) is 41.5 Å². The molecule has 0 unspecified atom stereocenters. The van der Waals surface area contributed by atoms with E-state index in [9.17, 15) is 18.0 Å². The summed E-state index contributed by atoms with van der Waals surface area (Å²) in [7, 11) is 0. The van der Waals surface area contributed by atoms with Gasteiger partial charge in [-0.25, -0.2) is 4.79 Å². The number of rotatable bonds is 5. The van der Waals surface area contributed by atoms with Crippen LogP contribution in [0.5, 0.6) is 0 Å². The van der Waals surface area contributed by atoms with Crippen LogP contribution < -0.4 is 5.32 Å². The van der Waals surface area contributed by atoms with E-state index in [0.29, 0.717) is 0 Å². The molecule has 0 heterocycles.